The van der Waals surface area contributed by atoms with Crippen LogP contribution in [-0.2, 0) is 4.79 Å². The SMILES string of the molecule is CC(C)NC1=C(N)CCC(=O)C1. The standard InChI is InChI=1S/C9H16N2O/c1-6(2)11-9-5-7(12)3-4-8(9)10/h6,11H,3-5,10H2,1-2H3. The number of Topliss-reactive ketones (excluding diaryl/α,β-unsaturated/α-hetero) is 1. The highest BCUT2D eigenvalue weighted by atomic mass is 16.1. The van der Waals surface area contributed by atoms with Crippen LogP contribution in [0.25, 0.3) is 0 Å². The lowest BCUT2D eigenvalue weighted by Gasteiger charge is -2.20. The molecule has 0 aromatic heterocycles. The lowest BCUT2D eigenvalue weighted by molar-refractivity contribution is -0.118. The summed E-state index contributed by atoms with van der Waals surface area (Å²) in [5, 5.41) is 3.20. The van der Waals surface area contributed by atoms with Gasteiger partial charge in [0.2, 0.25) is 0 Å². The Hall–Kier alpha value is -0.990. The van der Waals surface area contributed by atoms with Crippen molar-refractivity contribution in [2.45, 2.75) is 39.2 Å². The minimum Gasteiger partial charge on any atom is -0.401 e. The fourth-order valence-electron chi connectivity index (χ4n) is 1.32. The zero-order chi connectivity index (χ0) is 9.14. The summed E-state index contributed by atoms with van der Waals surface area (Å²) < 4.78 is 0. The van der Waals surface area contributed by atoms with Crippen LogP contribution in [0.3, 0.4) is 0 Å². The largest absolute Gasteiger partial charge is 0.401 e. The van der Waals surface area contributed by atoms with Crippen molar-refractivity contribution in [1.29, 1.82) is 0 Å². The van der Waals surface area contributed by atoms with Gasteiger partial charge in [0.05, 0.1) is 0 Å². The highest BCUT2D eigenvalue weighted by Crippen LogP contribution is 2.16. The first-order chi connectivity index (χ1) is 5.59. The minimum atomic E-state index is 0.285. The molecule has 0 heterocycles. The van der Waals surface area contributed by atoms with Crippen molar-refractivity contribution in [1.82, 2.24) is 5.32 Å². The van der Waals surface area contributed by atoms with Crippen molar-refractivity contribution < 1.29 is 4.79 Å². The van der Waals surface area contributed by atoms with Gasteiger partial charge in [0, 0.05) is 30.3 Å². The second kappa shape index (κ2) is 3.61. The van der Waals surface area contributed by atoms with Gasteiger partial charge in [0.25, 0.3) is 0 Å². The minimum absolute atomic E-state index is 0.285. The predicted octanol–water partition coefficient (Wildman–Crippen LogP) is 0.908. The van der Waals surface area contributed by atoms with Crippen LogP contribution in [0, 0.1) is 0 Å². The number of nitrogens with two attached hydrogens (primary N) is 1. The summed E-state index contributed by atoms with van der Waals surface area (Å²) in [4.78, 5) is 11.1. The summed E-state index contributed by atoms with van der Waals surface area (Å²) in [6.07, 6.45) is 1.81. The van der Waals surface area contributed by atoms with Gasteiger partial charge < -0.3 is 11.1 Å². The van der Waals surface area contributed by atoms with E-state index in [9.17, 15) is 4.79 Å². The molecule has 1 aliphatic rings. The van der Waals surface area contributed by atoms with Crippen LogP contribution < -0.4 is 11.1 Å². The fraction of sp³-hybridized carbons (Fsp3) is 0.667. The Morgan fingerprint density at radius 2 is 2.08 bits per heavy atom. The number of allylic oxidation sites excluding steroid dienone is 2. The fourth-order valence-corrected chi connectivity index (χ4v) is 1.32. The van der Waals surface area contributed by atoms with E-state index < -0.39 is 0 Å². The molecular formula is C9H16N2O. The molecule has 3 nitrogen and oxygen atoms in total. The second-order valence-electron chi connectivity index (χ2n) is 3.52. The van der Waals surface area contributed by atoms with Gasteiger partial charge >= 0.3 is 0 Å². The number of carbonyl (C=O) groups excluding carboxylic acids is 1. The number of rotatable bonds is 2. The predicted molar refractivity (Wildman–Crippen MR) is 48.3 cm³/mol. The number of carbonyl (C=O) groups is 1. The van der Waals surface area contributed by atoms with Gasteiger partial charge in [-0.05, 0) is 20.3 Å². The van der Waals surface area contributed by atoms with Gasteiger partial charge in [-0.3, -0.25) is 4.79 Å². The maximum absolute atomic E-state index is 11.1. The lowest BCUT2D eigenvalue weighted by atomic mass is 10.00. The Kier molecular flexibility index (Phi) is 2.74. The highest BCUT2D eigenvalue weighted by Gasteiger charge is 2.16. The van der Waals surface area contributed by atoms with Gasteiger partial charge in [-0.2, -0.15) is 0 Å². The van der Waals surface area contributed by atoms with E-state index in [-0.39, 0.29) is 5.78 Å². The third-order valence-electron chi connectivity index (χ3n) is 1.90. The van der Waals surface area contributed by atoms with Crippen molar-refractivity contribution >= 4 is 5.78 Å². The third kappa shape index (κ3) is 2.26. The Morgan fingerprint density at radius 1 is 1.42 bits per heavy atom. The van der Waals surface area contributed by atoms with Crippen molar-refractivity contribution in [2.24, 2.45) is 5.73 Å². The first-order valence-corrected chi connectivity index (χ1v) is 4.35. The molecule has 0 radical (unpaired) electrons. The molecule has 0 aromatic carbocycles. The van der Waals surface area contributed by atoms with Gasteiger partial charge in [-0.15, -0.1) is 0 Å². The number of hydrogen-bond acceptors (Lipinski definition) is 3. The second-order valence-corrected chi connectivity index (χ2v) is 3.52. The average molecular weight is 168 g/mol. The molecule has 12 heavy (non-hydrogen) atoms. The van der Waals surface area contributed by atoms with E-state index in [0.717, 1.165) is 11.4 Å². The van der Waals surface area contributed by atoms with Crippen LogP contribution in [0.2, 0.25) is 0 Å². The first kappa shape index (κ1) is 9.10. The Bertz CT molecular complexity index is 219. The lowest BCUT2D eigenvalue weighted by Crippen LogP contribution is -2.29. The van der Waals surface area contributed by atoms with Gasteiger partial charge in [-0.1, -0.05) is 0 Å². The normalized spacial score (nSPS) is 18.8. The van der Waals surface area contributed by atoms with E-state index in [0.29, 0.717) is 25.3 Å². The quantitative estimate of drug-likeness (QED) is 0.644. The van der Waals surface area contributed by atoms with Gasteiger partial charge in [-0.25, -0.2) is 0 Å². The monoisotopic (exact) mass is 168 g/mol. The molecule has 68 valence electrons. The summed E-state index contributed by atoms with van der Waals surface area (Å²) in [5.74, 6) is 0.285. The van der Waals surface area contributed by atoms with Crippen LogP contribution in [-0.4, -0.2) is 11.8 Å². The molecule has 0 aliphatic heterocycles. The molecule has 0 spiro atoms. The molecule has 0 fully saturated rings. The average Bonchev–Trinajstić information content (AvgIpc) is 1.96. The maximum Gasteiger partial charge on any atom is 0.139 e. The summed E-state index contributed by atoms with van der Waals surface area (Å²) in [5.41, 5.74) is 7.54. The molecule has 0 amide bonds. The zero-order valence-electron chi connectivity index (χ0n) is 7.68. The van der Waals surface area contributed by atoms with E-state index in [4.69, 9.17) is 5.73 Å². The van der Waals surface area contributed by atoms with Crippen LogP contribution >= 0.6 is 0 Å². The van der Waals surface area contributed by atoms with Crippen LogP contribution in [0.4, 0.5) is 0 Å². The molecule has 0 bridgehead atoms. The highest BCUT2D eigenvalue weighted by molar-refractivity contribution is 5.82. The van der Waals surface area contributed by atoms with E-state index >= 15 is 0 Å². The molecule has 0 saturated heterocycles. The Morgan fingerprint density at radius 3 is 2.67 bits per heavy atom. The molecule has 0 aromatic rings. The molecule has 1 rings (SSSR count). The van der Waals surface area contributed by atoms with Crippen LogP contribution in [0.1, 0.15) is 33.1 Å². The summed E-state index contributed by atoms with van der Waals surface area (Å²) >= 11 is 0. The van der Waals surface area contributed by atoms with Crippen molar-refractivity contribution in [3.63, 3.8) is 0 Å². The molecule has 0 unspecified atom stereocenters. The van der Waals surface area contributed by atoms with Gasteiger partial charge in [0.15, 0.2) is 0 Å². The first-order valence-electron chi connectivity index (χ1n) is 4.35. The van der Waals surface area contributed by atoms with E-state index in [1.807, 2.05) is 13.8 Å². The van der Waals surface area contributed by atoms with Crippen molar-refractivity contribution in [3.8, 4) is 0 Å². The number of hydrogen-bond donors (Lipinski definition) is 2. The topological polar surface area (TPSA) is 55.1 Å². The van der Waals surface area contributed by atoms with Crippen LogP contribution in [0.5, 0.6) is 0 Å². The number of nitrogens with one attached hydrogen (secondary N) is 1. The molecule has 3 N–H and O–H groups in total. The summed E-state index contributed by atoms with van der Waals surface area (Å²) in [6.45, 7) is 4.08. The summed E-state index contributed by atoms with van der Waals surface area (Å²) in [6, 6.07) is 0.351. The summed E-state index contributed by atoms with van der Waals surface area (Å²) in [7, 11) is 0. The molecule has 0 saturated carbocycles. The molecule has 0 atom stereocenters. The van der Waals surface area contributed by atoms with Gasteiger partial charge in [0.1, 0.15) is 5.78 Å². The van der Waals surface area contributed by atoms with E-state index in [1.165, 1.54) is 0 Å². The smallest absolute Gasteiger partial charge is 0.139 e. The van der Waals surface area contributed by atoms with Crippen molar-refractivity contribution in [2.75, 3.05) is 0 Å². The zero-order valence-corrected chi connectivity index (χ0v) is 7.68. The van der Waals surface area contributed by atoms with Crippen molar-refractivity contribution in [3.05, 3.63) is 11.4 Å². The molecular weight excluding hydrogens is 152 g/mol. The maximum atomic E-state index is 11.1. The number of ketones is 1. The van der Waals surface area contributed by atoms with Crippen LogP contribution in [0.15, 0.2) is 11.4 Å². The molecule has 1 aliphatic carbocycles. The Balaban J connectivity index is 2.64. The Labute approximate surface area is 73.0 Å². The third-order valence-corrected chi connectivity index (χ3v) is 1.90. The van der Waals surface area contributed by atoms with E-state index in [2.05, 4.69) is 5.32 Å². The molecule has 3 heteroatoms. The van der Waals surface area contributed by atoms with E-state index in [1.54, 1.807) is 0 Å².